The summed E-state index contributed by atoms with van der Waals surface area (Å²) in [6, 6.07) is 14.5. The highest BCUT2D eigenvalue weighted by Crippen LogP contribution is 2.27. The summed E-state index contributed by atoms with van der Waals surface area (Å²) in [5, 5.41) is 14.3. The van der Waals surface area contributed by atoms with Gasteiger partial charge in [0.1, 0.15) is 6.26 Å². The third-order valence-electron chi connectivity index (χ3n) is 4.13. The smallest absolute Gasteiger partial charge is 0.258 e. The van der Waals surface area contributed by atoms with Crippen LogP contribution in [-0.2, 0) is 0 Å². The Morgan fingerprint density at radius 1 is 1.00 bits per heavy atom. The SMILES string of the molecule is Cc1ccc(NC(=O)c2ccoc2)cc1-c1ccc(C(=O)NCCO)cc1. The highest BCUT2D eigenvalue weighted by atomic mass is 16.3. The first kappa shape index (κ1) is 18.4. The minimum absolute atomic E-state index is 0.0969. The Bertz CT molecular complexity index is 931. The summed E-state index contributed by atoms with van der Waals surface area (Å²) >= 11 is 0. The molecule has 3 aromatic rings. The Morgan fingerprint density at radius 3 is 2.44 bits per heavy atom. The van der Waals surface area contributed by atoms with E-state index in [1.54, 1.807) is 18.2 Å². The van der Waals surface area contributed by atoms with Gasteiger partial charge in [0, 0.05) is 17.8 Å². The van der Waals surface area contributed by atoms with E-state index in [2.05, 4.69) is 10.6 Å². The van der Waals surface area contributed by atoms with Gasteiger partial charge in [-0.05, 0) is 53.9 Å². The van der Waals surface area contributed by atoms with Crippen molar-refractivity contribution in [3.63, 3.8) is 0 Å². The number of benzene rings is 2. The predicted octanol–water partition coefficient (Wildman–Crippen LogP) is 3.23. The first-order valence-corrected chi connectivity index (χ1v) is 8.52. The second-order valence-electron chi connectivity index (χ2n) is 6.05. The van der Waals surface area contributed by atoms with Crippen LogP contribution in [0.2, 0.25) is 0 Å². The number of amides is 2. The second-order valence-corrected chi connectivity index (χ2v) is 6.05. The van der Waals surface area contributed by atoms with E-state index >= 15 is 0 Å². The number of aliphatic hydroxyl groups is 1. The van der Waals surface area contributed by atoms with E-state index in [4.69, 9.17) is 9.52 Å². The van der Waals surface area contributed by atoms with Crippen LogP contribution in [0.4, 0.5) is 5.69 Å². The van der Waals surface area contributed by atoms with Gasteiger partial charge >= 0.3 is 0 Å². The fourth-order valence-corrected chi connectivity index (χ4v) is 2.68. The van der Waals surface area contributed by atoms with E-state index in [1.165, 1.54) is 12.5 Å². The topological polar surface area (TPSA) is 91.6 Å². The molecule has 0 fully saturated rings. The van der Waals surface area contributed by atoms with E-state index in [-0.39, 0.29) is 25.0 Å². The first-order valence-electron chi connectivity index (χ1n) is 8.52. The fraction of sp³-hybridized carbons (Fsp3) is 0.143. The van der Waals surface area contributed by atoms with Crippen molar-refractivity contribution >= 4 is 17.5 Å². The summed E-state index contributed by atoms with van der Waals surface area (Å²) in [5.74, 6) is -0.470. The molecule has 6 heteroatoms. The molecule has 3 rings (SSSR count). The lowest BCUT2D eigenvalue weighted by Gasteiger charge is -2.11. The second kappa shape index (κ2) is 8.33. The van der Waals surface area contributed by atoms with Crippen LogP contribution in [0.5, 0.6) is 0 Å². The van der Waals surface area contributed by atoms with Crippen molar-refractivity contribution in [2.45, 2.75) is 6.92 Å². The van der Waals surface area contributed by atoms with Crippen LogP contribution < -0.4 is 10.6 Å². The average molecular weight is 364 g/mol. The van der Waals surface area contributed by atoms with Gasteiger partial charge in [0.25, 0.3) is 11.8 Å². The molecule has 3 N–H and O–H groups in total. The molecule has 0 saturated heterocycles. The third-order valence-corrected chi connectivity index (χ3v) is 4.13. The van der Waals surface area contributed by atoms with Gasteiger partial charge in [0.2, 0.25) is 0 Å². The zero-order valence-electron chi connectivity index (χ0n) is 14.9. The van der Waals surface area contributed by atoms with Crippen molar-refractivity contribution in [1.82, 2.24) is 5.32 Å². The normalized spacial score (nSPS) is 10.4. The molecule has 2 amide bonds. The van der Waals surface area contributed by atoms with Crippen LogP contribution in [0.1, 0.15) is 26.3 Å². The zero-order chi connectivity index (χ0) is 19.2. The van der Waals surface area contributed by atoms with Crippen LogP contribution in [0.3, 0.4) is 0 Å². The minimum atomic E-state index is -0.241. The van der Waals surface area contributed by atoms with Crippen molar-refractivity contribution in [1.29, 1.82) is 0 Å². The Hall–Kier alpha value is -3.38. The van der Waals surface area contributed by atoms with Crippen molar-refractivity contribution < 1.29 is 19.1 Å². The van der Waals surface area contributed by atoms with Gasteiger partial charge in [-0.15, -0.1) is 0 Å². The van der Waals surface area contributed by atoms with Crippen molar-refractivity contribution in [2.75, 3.05) is 18.5 Å². The van der Waals surface area contributed by atoms with Crippen LogP contribution in [0.15, 0.2) is 65.5 Å². The number of hydrogen-bond donors (Lipinski definition) is 3. The van der Waals surface area contributed by atoms with Gasteiger partial charge in [0.15, 0.2) is 0 Å². The summed E-state index contributed by atoms with van der Waals surface area (Å²) in [6.45, 7) is 2.11. The van der Waals surface area contributed by atoms with Crippen molar-refractivity contribution in [3.05, 3.63) is 77.7 Å². The molecule has 1 heterocycles. The molecule has 0 aliphatic carbocycles. The molecule has 0 bridgehead atoms. The number of carbonyl (C=O) groups excluding carboxylic acids is 2. The molecular weight excluding hydrogens is 344 g/mol. The number of nitrogens with one attached hydrogen (secondary N) is 2. The molecule has 138 valence electrons. The standard InChI is InChI=1S/C21H20N2O4/c1-14-2-7-18(23-21(26)17-8-11-27-13-17)12-19(14)15-3-5-16(6-4-15)20(25)22-9-10-24/h2-8,11-13,24H,9-10H2,1H3,(H,22,25)(H,23,26). The summed E-state index contributed by atoms with van der Waals surface area (Å²) < 4.78 is 4.93. The summed E-state index contributed by atoms with van der Waals surface area (Å²) in [6.07, 6.45) is 2.85. The zero-order valence-corrected chi connectivity index (χ0v) is 14.9. The predicted molar refractivity (Wildman–Crippen MR) is 103 cm³/mol. The maximum absolute atomic E-state index is 12.2. The lowest BCUT2D eigenvalue weighted by atomic mass is 9.98. The number of hydrogen-bond acceptors (Lipinski definition) is 4. The number of rotatable bonds is 6. The van der Waals surface area contributed by atoms with Gasteiger partial charge in [0.05, 0.1) is 18.4 Å². The fourth-order valence-electron chi connectivity index (χ4n) is 2.68. The molecule has 1 aromatic heterocycles. The quantitative estimate of drug-likeness (QED) is 0.626. The summed E-state index contributed by atoms with van der Waals surface area (Å²) in [4.78, 5) is 24.1. The van der Waals surface area contributed by atoms with Crippen LogP contribution in [0, 0.1) is 6.92 Å². The Morgan fingerprint density at radius 2 is 1.78 bits per heavy atom. The molecular formula is C21H20N2O4. The monoisotopic (exact) mass is 364 g/mol. The van der Waals surface area contributed by atoms with Crippen LogP contribution in [-0.4, -0.2) is 30.1 Å². The Labute approximate surface area is 156 Å². The Kier molecular flexibility index (Phi) is 5.68. The van der Waals surface area contributed by atoms with Crippen LogP contribution in [0.25, 0.3) is 11.1 Å². The largest absolute Gasteiger partial charge is 0.472 e. The maximum atomic E-state index is 12.2. The molecule has 0 atom stereocenters. The number of anilines is 1. The van der Waals surface area contributed by atoms with E-state index in [0.717, 1.165) is 16.7 Å². The molecule has 2 aromatic carbocycles. The molecule has 0 aliphatic rings. The van der Waals surface area contributed by atoms with Gasteiger partial charge in [-0.25, -0.2) is 0 Å². The van der Waals surface area contributed by atoms with Gasteiger partial charge in [-0.3, -0.25) is 9.59 Å². The molecule has 0 unspecified atom stereocenters. The molecule has 0 aliphatic heterocycles. The third kappa shape index (κ3) is 4.43. The summed E-state index contributed by atoms with van der Waals surface area (Å²) in [7, 11) is 0. The van der Waals surface area contributed by atoms with E-state index in [9.17, 15) is 9.59 Å². The minimum Gasteiger partial charge on any atom is -0.472 e. The lowest BCUT2D eigenvalue weighted by molar-refractivity contribution is 0.0944. The maximum Gasteiger partial charge on any atom is 0.258 e. The first-order chi connectivity index (χ1) is 13.1. The highest BCUT2D eigenvalue weighted by molar-refractivity contribution is 6.04. The molecule has 6 nitrogen and oxygen atoms in total. The number of aryl methyl sites for hydroxylation is 1. The van der Waals surface area contributed by atoms with Crippen molar-refractivity contribution in [3.8, 4) is 11.1 Å². The van der Waals surface area contributed by atoms with E-state index in [1.807, 2.05) is 37.3 Å². The van der Waals surface area contributed by atoms with Crippen molar-refractivity contribution in [2.24, 2.45) is 0 Å². The number of aliphatic hydroxyl groups excluding tert-OH is 1. The highest BCUT2D eigenvalue weighted by Gasteiger charge is 2.10. The van der Waals surface area contributed by atoms with Gasteiger partial charge in [-0.1, -0.05) is 18.2 Å². The molecule has 27 heavy (non-hydrogen) atoms. The molecule has 0 saturated carbocycles. The lowest BCUT2D eigenvalue weighted by Crippen LogP contribution is -2.26. The Balaban J connectivity index is 1.80. The molecule has 0 radical (unpaired) electrons. The van der Waals surface area contributed by atoms with E-state index in [0.29, 0.717) is 16.8 Å². The average Bonchev–Trinajstić information content (AvgIpc) is 3.23. The number of furan rings is 1. The molecule has 0 spiro atoms. The summed E-state index contributed by atoms with van der Waals surface area (Å²) in [5.41, 5.74) is 4.60. The van der Waals surface area contributed by atoms with E-state index < -0.39 is 0 Å². The van der Waals surface area contributed by atoms with Gasteiger partial charge < -0.3 is 20.2 Å². The van der Waals surface area contributed by atoms with Crippen LogP contribution >= 0.6 is 0 Å². The number of carbonyl (C=O) groups is 2. The van der Waals surface area contributed by atoms with Gasteiger partial charge in [-0.2, -0.15) is 0 Å².